The van der Waals surface area contributed by atoms with Crippen LogP contribution in [0.2, 0.25) is 0 Å². The maximum atomic E-state index is 11.4. The monoisotopic (exact) mass is 314 g/mol. The number of esters is 1. The van der Waals surface area contributed by atoms with Crippen LogP contribution in [-0.2, 0) is 25.5 Å². The molecule has 0 saturated carbocycles. The number of nitrogens with one attached hydrogen (secondary N) is 1. The second kappa shape index (κ2) is 9.91. The number of ether oxygens (including phenoxy) is 3. The van der Waals surface area contributed by atoms with Crippen molar-refractivity contribution >= 4 is 5.97 Å². The second-order valence-corrected chi connectivity index (χ2v) is 4.85. The van der Waals surface area contributed by atoms with Gasteiger partial charge in [-0.2, -0.15) is 0 Å². The van der Waals surface area contributed by atoms with Gasteiger partial charge in [0.1, 0.15) is 6.61 Å². The van der Waals surface area contributed by atoms with E-state index in [9.17, 15) is 14.4 Å². The summed E-state index contributed by atoms with van der Waals surface area (Å²) in [5, 5.41) is 0. The number of carbonyl (C=O) groups excluding carboxylic acids is 1. The smallest absolute Gasteiger partial charge is 0.328 e. The Bertz CT molecular complexity index is 563. The maximum absolute atomic E-state index is 11.4. The molecule has 124 valence electrons. The molecule has 1 rings (SSSR count). The fraction of sp³-hybridized carbons (Fsp3) is 0.643. The Kier molecular flexibility index (Phi) is 8.16. The fourth-order valence-corrected chi connectivity index (χ4v) is 1.47. The molecule has 1 N–H and O–H groups in total. The van der Waals surface area contributed by atoms with Gasteiger partial charge in [-0.15, -0.1) is 0 Å². The number of hydrogen-bond acceptors (Lipinski definition) is 6. The SMILES string of the molecule is CC(C)C(=O)OCCOCCOCCn1ccc(=O)[nH]c1=O. The van der Waals surface area contributed by atoms with Crippen molar-refractivity contribution in [2.45, 2.75) is 20.4 Å². The first-order valence-corrected chi connectivity index (χ1v) is 7.12. The van der Waals surface area contributed by atoms with Gasteiger partial charge < -0.3 is 14.2 Å². The third-order valence-electron chi connectivity index (χ3n) is 2.69. The van der Waals surface area contributed by atoms with Crippen LogP contribution >= 0.6 is 0 Å². The minimum atomic E-state index is -0.459. The number of aromatic amines is 1. The predicted molar refractivity (Wildman–Crippen MR) is 78.8 cm³/mol. The Morgan fingerprint density at radius 1 is 1.14 bits per heavy atom. The molecule has 0 aliphatic heterocycles. The van der Waals surface area contributed by atoms with Gasteiger partial charge in [0.2, 0.25) is 0 Å². The molecule has 0 amide bonds. The number of rotatable bonds is 10. The zero-order chi connectivity index (χ0) is 16.4. The molecular formula is C14H22N2O6. The highest BCUT2D eigenvalue weighted by atomic mass is 16.6. The summed E-state index contributed by atoms with van der Waals surface area (Å²) >= 11 is 0. The van der Waals surface area contributed by atoms with E-state index in [0.717, 1.165) is 0 Å². The van der Waals surface area contributed by atoms with E-state index < -0.39 is 11.2 Å². The van der Waals surface area contributed by atoms with E-state index in [4.69, 9.17) is 14.2 Å². The summed E-state index contributed by atoms with van der Waals surface area (Å²) in [5.74, 6) is -0.383. The van der Waals surface area contributed by atoms with Crippen molar-refractivity contribution in [3.05, 3.63) is 33.1 Å². The summed E-state index contributed by atoms with van der Waals surface area (Å²) in [4.78, 5) is 35.6. The maximum Gasteiger partial charge on any atom is 0.328 e. The Hall–Kier alpha value is -1.93. The normalized spacial score (nSPS) is 10.9. The molecule has 0 atom stereocenters. The average Bonchev–Trinajstić information content (AvgIpc) is 2.47. The summed E-state index contributed by atoms with van der Waals surface area (Å²) in [5.41, 5.74) is -0.881. The van der Waals surface area contributed by atoms with Crippen LogP contribution in [-0.4, -0.2) is 48.6 Å². The molecular weight excluding hydrogens is 292 g/mol. The topological polar surface area (TPSA) is 99.6 Å². The van der Waals surface area contributed by atoms with Gasteiger partial charge in [-0.3, -0.25) is 19.1 Å². The molecule has 0 aliphatic rings. The summed E-state index contributed by atoms with van der Waals surface area (Å²) in [7, 11) is 0. The largest absolute Gasteiger partial charge is 0.463 e. The van der Waals surface area contributed by atoms with Gasteiger partial charge >= 0.3 is 11.7 Å². The van der Waals surface area contributed by atoms with Crippen molar-refractivity contribution in [3.8, 4) is 0 Å². The van der Waals surface area contributed by atoms with E-state index in [2.05, 4.69) is 4.98 Å². The van der Waals surface area contributed by atoms with Crippen LogP contribution in [0.5, 0.6) is 0 Å². The van der Waals surface area contributed by atoms with Crippen molar-refractivity contribution in [2.24, 2.45) is 5.92 Å². The fourth-order valence-electron chi connectivity index (χ4n) is 1.47. The molecule has 0 aliphatic carbocycles. The third-order valence-corrected chi connectivity index (χ3v) is 2.69. The molecule has 8 heteroatoms. The summed E-state index contributed by atoms with van der Waals surface area (Å²) in [6.07, 6.45) is 1.42. The lowest BCUT2D eigenvalue weighted by Gasteiger charge is -2.08. The van der Waals surface area contributed by atoms with Crippen molar-refractivity contribution in [3.63, 3.8) is 0 Å². The van der Waals surface area contributed by atoms with Gasteiger partial charge in [-0.25, -0.2) is 4.79 Å². The van der Waals surface area contributed by atoms with Crippen LogP contribution in [0.15, 0.2) is 21.9 Å². The Morgan fingerprint density at radius 3 is 2.41 bits per heavy atom. The lowest BCUT2D eigenvalue weighted by atomic mass is 10.2. The molecule has 0 saturated heterocycles. The zero-order valence-corrected chi connectivity index (χ0v) is 12.9. The van der Waals surface area contributed by atoms with E-state index in [-0.39, 0.29) is 18.5 Å². The molecule has 0 spiro atoms. The van der Waals surface area contributed by atoms with Crippen molar-refractivity contribution < 1.29 is 19.0 Å². The van der Waals surface area contributed by atoms with Crippen LogP contribution in [0, 0.1) is 5.92 Å². The molecule has 0 bridgehead atoms. The predicted octanol–water partition coefficient (Wildman–Crippen LogP) is -0.231. The molecule has 0 unspecified atom stereocenters. The van der Waals surface area contributed by atoms with Gasteiger partial charge in [-0.1, -0.05) is 13.8 Å². The van der Waals surface area contributed by atoms with E-state index in [1.807, 2.05) is 0 Å². The molecule has 1 heterocycles. The van der Waals surface area contributed by atoms with Gasteiger partial charge in [0.25, 0.3) is 5.56 Å². The van der Waals surface area contributed by atoms with Crippen molar-refractivity contribution in [1.82, 2.24) is 9.55 Å². The van der Waals surface area contributed by atoms with Gasteiger partial charge in [0.05, 0.1) is 38.9 Å². The quantitative estimate of drug-likeness (QED) is 0.473. The van der Waals surface area contributed by atoms with E-state index in [0.29, 0.717) is 33.0 Å². The van der Waals surface area contributed by atoms with Crippen LogP contribution in [0.25, 0.3) is 0 Å². The highest BCUT2D eigenvalue weighted by Gasteiger charge is 2.07. The van der Waals surface area contributed by atoms with Crippen LogP contribution in [0.4, 0.5) is 0 Å². The first-order chi connectivity index (χ1) is 10.5. The minimum absolute atomic E-state index is 0.139. The van der Waals surface area contributed by atoms with Crippen LogP contribution < -0.4 is 11.2 Å². The van der Waals surface area contributed by atoms with E-state index in [1.54, 1.807) is 13.8 Å². The first kappa shape index (κ1) is 18.1. The molecule has 1 aromatic heterocycles. The van der Waals surface area contributed by atoms with Crippen molar-refractivity contribution in [2.75, 3.05) is 33.0 Å². The van der Waals surface area contributed by atoms with Gasteiger partial charge in [-0.05, 0) is 0 Å². The molecule has 1 aromatic rings. The Balaban J connectivity index is 2.01. The van der Waals surface area contributed by atoms with Crippen LogP contribution in [0.1, 0.15) is 13.8 Å². The minimum Gasteiger partial charge on any atom is -0.463 e. The third kappa shape index (κ3) is 7.19. The Labute approximate surface area is 128 Å². The molecule has 0 fully saturated rings. The highest BCUT2D eigenvalue weighted by molar-refractivity contribution is 5.71. The molecule has 22 heavy (non-hydrogen) atoms. The second-order valence-electron chi connectivity index (χ2n) is 4.85. The summed E-state index contributed by atoms with van der Waals surface area (Å²) < 4.78 is 16.8. The molecule has 0 aromatic carbocycles. The standard InChI is InChI=1S/C14H22N2O6/c1-11(2)13(18)22-10-9-21-8-7-20-6-5-16-4-3-12(17)15-14(16)19/h3-4,11H,5-10H2,1-2H3,(H,15,17,19). The van der Waals surface area contributed by atoms with Gasteiger partial charge in [0.15, 0.2) is 0 Å². The number of aromatic nitrogens is 2. The lowest BCUT2D eigenvalue weighted by molar-refractivity contribution is -0.149. The van der Waals surface area contributed by atoms with Crippen molar-refractivity contribution in [1.29, 1.82) is 0 Å². The zero-order valence-electron chi connectivity index (χ0n) is 12.9. The number of hydrogen-bond donors (Lipinski definition) is 1. The summed E-state index contributed by atoms with van der Waals surface area (Å²) in [6, 6.07) is 1.28. The number of H-pyrrole nitrogens is 1. The summed E-state index contributed by atoms with van der Waals surface area (Å²) in [6.45, 7) is 5.51. The van der Waals surface area contributed by atoms with Gasteiger partial charge in [0, 0.05) is 12.3 Å². The average molecular weight is 314 g/mol. The lowest BCUT2D eigenvalue weighted by Crippen LogP contribution is -2.29. The highest BCUT2D eigenvalue weighted by Crippen LogP contribution is 1.95. The first-order valence-electron chi connectivity index (χ1n) is 7.12. The Morgan fingerprint density at radius 2 is 1.77 bits per heavy atom. The molecule has 8 nitrogen and oxygen atoms in total. The molecule has 0 radical (unpaired) electrons. The number of nitrogens with zero attached hydrogens (tertiary/aromatic N) is 1. The van der Waals surface area contributed by atoms with E-state index in [1.165, 1.54) is 16.8 Å². The van der Waals surface area contributed by atoms with E-state index >= 15 is 0 Å². The number of carbonyl (C=O) groups is 1. The van der Waals surface area contributed by atoms with Crippen LogP contribution in [0.3, 0.4) is 0 Å².